The van der Waals surface area contributed by atoms with Crippen LogP contribution in [0.1, 0.15) is 23.6 Å². The normalized spacial score (nSPS) is 14.8. The van der Waals surface area contributed by atoms with E-state index in [9.17, 15) is 0 Å². The zero-order valence-corrected chi connectivity index (χ0v) is 9.01. The predicted molar refractivity (Wildman–Crippen MR) is 59.0 cm³/mol. The topological polar surface area (TPSA) is 15.3 Å². The molecule has 1 N–H and O–H groups in total. The van der Waals surface area contributed by atoms with Crippen LogP contribution in [0.15, 0.2) is 18.2 Å². The van der Waals surface area contributed by atoms with E-state index >= 15 is 0 Å². The molecule has 0 spiro atoms. The highest BCUT2D eigenvalue weighted by Gasteiger charge is 2.10. The van der Waals surface area contributed by atoms with Crippen LogP contribution >= 0.6 is 0 Å². The lowest BCUT2D eigenvalue weighted by molar-refractivity contribution is 0.345. The van der Waals surface area contributed by atoms with Crippen molar-refractivity contribution in [2.45, 2.75) is 26.6 Å². The fraction of sp³-hybridized carbons (Fsp3) is 0.500. The molecule has 0 aromatic heterocycles. The molecule has 0 fully saturated rings. The average Bonchev–Trinajstić information content (AvgIpc) is 2.64. The van der Waals surface area contributed by atoms with E-state index in [0.717, 1.165) is 26.2 Å². The molecule has 0 bridgehead atoms. The van der Waals surface area contributed by atoms with Crippen LogP contribution < -0.4 is 5.32 Å². The molecule has 1 aliphatic rings. The summed E-state index contributed by atoms with van der Waals surface area (Å²) < 4.78 is 0. The van der Waals surface area contributed by atoms with E-state index in [4.69, 9.17) is 0 Å². The lowest BCUT2D eigenvalue weighted by atomic mass is 10.1. The molecule has 0 aliphatic carbocycles. The van der Waals surface area contributed by atoms with Gasteiger partial charge in [0, 0.05) is 19.6 Å². The Morgan fingerprint density at radius 3 is 2.86 bits per heavy atom. The first-order valence-corrected chi connectivity index (χ1v) is 5.29. The van der Waals surface area contributed by atoms with Crippen LogP contribution in [0.2, 0.25) is 0 Å². The maximum absolute atomic E-state index is 3.37. The minimum atomic E-state index is 1.04. The number of rotatable bonds is 3. The second-order valence-electron chi connectivity index (χ2n) is 4.04. The van der Waals surface area contributed by atoms with E-state index in [1.807, 2.05) is 0 Å². The summed E-state index contributed by atoms with van der Waals surface area (Å²) in [5.41, 5.74) is 4.37. The second-order valence-corrected chi connectivity index (χ2v) is 4.04. The van der Waals surface area contributed by atoms with Gasteiger partial charge in [-0.15, -0.1) is 0 Å². The van der Waals surface area contributed by atoms with Gasteiger partial charge in [-0.1, -0.05) is 25.1 Å². The molecule has 0 amide bonds. The second kappa shape index (κ2) is 4.11. The van der Waals surface area contributed by atoms with Crippen LogP contribution in [-0.4, -0.2) is 18.5 Å². The Labute approximate surface area is 85.9 Å². The minimum absolute atomic E-state index is 1.04. The molecular formula is C12H18N2. The summed E-state index contributed by atoms with van der Waals surface area (Å²) in [6.45, 7) is 6.44. The fourth-order valence-electron chi connectivity index (χ4n) is 1.87. The molecule has 0 atom stereocenters. The predicted octanol–water partition coefficient (Wildman–Crippen LogP) is 1.74. The highest BCUT2D eigenvalue weighted by atomic mass is 15.1. The van der Waals surface area contributed by atoms with Gasteiger partial charge in [-0.3, -0.25) is 0 Å². The van der Waals surface area contributed by atoms with Gasteiger partial charge >= 0.3 is 0 Å². The third kappa shape index (κ3) is 1.97. The molecule has 1 aromatic rings. The van der Waals surface area contributed by atoms with Crippen LogP contribution in [-0.2, 0) is 19.6 Å². The first kappa shape index (κ1) is 9.69. The lowest BCUT2D eigenvalue weighted by Gasteiger charge is -2.14. The largest absolute Gasteiger partial charge is 0.309 e. The highest BCUT2D eigenvalue weighted by Crippen LogP contribution is 2.17. The Balaban J connectivity index is 2.12. The van der Waals surface area contributed by atoms with Crippen molar-refractivity contribution in [3.05, 3.63) is 34.9 Å². The zero-order chi connectivity index (χ0) is 9.97. The molecule has 2 nitrogen and oxygen atoms in total. The summed E-state index contributed by atoms with van der Waals surface area (Å²) in [6, 6.07) is 6.84. The Hall–Kier alpha value is -0.860. The maximum Gasteiger partial charge on any atom is 0.0230 e. The highest BCUT2D eigenvalue weighted by molar-refractivity contribution is 5.34. The monoisotopic (exact) mass is 190 g/mol. The van der Waals surface area contributed by atoms with Crippen LogP contribution in [0, 0.1) is 0 Å². The molecule has 0 unspecified atom stereocenters. The van der Waals surface area contributed by atoms with E-state index < -0.39 is 0 Å². The summed E-state index contributed by atoms with van der Waals surface area (Å²) >= 11 is 0. The van der Waals surface area contributed by atoms with Gasteiger partial charge in [0.2, 0.25) is 0 Å². The number of benzene rings is 1. The molecule has 0 radical (unpaired) electrons. The molecule has 0 saturated heterocycles. The van der Waals surface area contributed by atoms with E-state index in [-0.39, 0.29) is 0 Å². The number of hydrogen-bond acceptors (Lipinski definition) is 2. The zero-order valence-electron chi connectivity index (χ0n) is 9.01. The molecule has 0 saturated carbocycles. The summed E-state index contributed by atoms with van der Waals surface area (Å²) in [4.78, 5) is 2.32. The van der Waals surface area contributed by atoms with Crippen molar-refractivity contribution in [3.63, 3.8) is 0 Å². The quantitative estimate of drug-likeness (QED) is 0.781. The van der Waals surface area contributed by atoms with Crippen molar-refractivity contribution in [1.82, 2.24) is 10.2 Å². The van der Waals surface area contributed by atoms with E-state index in [0.29, 0.717) is 0 Å². The standard InChI is InChI=1S/C12H18N2/c1-3-14(2)9-10-4-5-11-7-13-8-12(11)6-10/h4-6,13H,3,7-9H2,1-2H3. The van der Waals surface area contributed by atoms with E-state index in [1.165, 1.54) is 16.7 Å². The van der Waals surface area contributed by atoms with Crippen molar-refractivity contribution in [1.29, 1.82) is 0 Å². The summed E-state index contributed by atoms with van der Waals surface area (Å²) in [7, 11) is 2.16. The van der Waals surface area contributed by atoms with Gasteiger partial charge in [0.05, 0.1) is 0 Å². The smallest absolute Gasteiger partial charge is 0.0230 e. The van der Waals surface area contributed by atoms with Gasteiger partial charge in [-0.25, -0.2) is 0 Å². The number of nitrogens with zero attached hydrogens (tertiary/aromatic N) is 1. The van der Waals surface area contributed by atoms with Gasteiger partial charge in [-0.05, 0) is 30.3 Å². The van der Waals surface area contributed by atoms with Crippen LogP contribution in [0.4, 0.5) is 0 Å². The number of fused-ring (bicyclic) bond motifs is 1. The van der Waals surface area contributed by atoms with E-state index in [1.54, 1.807) is 0 Å². The van der Waals surface area contributed by atoms with Crippen molar-refractivity contribution >= 4 is 0 Å². The number of nitrogens with one attached hydrogen (secondary N) is 1. The molecular weight excluding hydrogens is 172 g/mol. The molecule has 1 aromatic carbocycles. The van der Waals surface area contributed by atoms with Crippen LogP contribution in [0.3, 0.4) is 0 Å². The Morgan fingerprint density at radius 1 is 1.29 bits per heavy atom. The van der Waals surface area contributed by atoms with Gasteiger partial charge in [-0.2, -0.15) is 0 Å². The first-order valence-electron chi connectivity index (χ1n) is 5.29. The van der Waals surface area contributed by atoms with Gasteiger partial charge in [0.25, 0.3) is 0 Å². The van der Waals surface area contributed by atoms with Crippen LogP contribution in [0.25, 0.3) is 0 Å². The Bertz CT molecular complexity index is 320. The van der Waals surface area contributed by atoms with Gasteiger partial charge in [0.15, 0.2) is 0 Å². The third-order valence-corrected chi connectivity index (χ3v) is 2.89. The number of hydrogen-bond donors (Lipinski definition) is 1. The third-order valence-electron chi connectivity index (χ3n) is 2.89. The van der Waals surface area contributed by atoms with Crippen molar-refractivity contribution in [2.75, 3.05) is 13.6 Å². The Kier molecular flexibility index (Phi) is 2.85. The molecule has 2 heteroatoms. The summed E-state index contributed by atoms with van der Waals surface area (Å²) in [5, 5.41) is 3.37. The molecule has 1 aliphatic heterocycles. The summed E-state index contributed by atoms with van der Waals surface area (Å²) in [5.74, 6) is 0. The van der Waals surface area contributed by atoms with E-state index in [2.05, 4.69) is 42.4 Å². The maximum atomic E-state index is 3.37. The minimum Gasteiger partial charge on any atom is -0.309 e. The Morgan fingerprint density at radius 2 is 2.07 bits per heavy atom. The van der Waals surface area contributed by atoms with Crippen molar-refractivity contribution in [2.24, 2.45) is 0 Å². The van der Waals surface area contributed by atoms with Gasteiger partial charge in [0.1, 0.15) is 0 Å². The summed E-state index contributed by atoms with van der Waals surface area (Å²) in [6.07, 6.45) is 0. The van der Waals surface area contributed by atoms with Gasteiger partial charge < -0.3 is 10.2 Å². The van der Waals surface area contributed by atoms with Crippen LogP contribution in [0.5, 0.6) is 0 Å². The molecule has 14 heavy (non-hydrogen) atoms. The molecule has 76 valence electrons. The SMILES string of the molecule is CCN(C)Cc1ccc2c(c1)CNC2. The fourth-order valence-corrected chi connectivity index (χ4v) is 1.87. The van der Waals surface area contributed by atoms with Crippen molar-refractivity contribution in [3.8, 4) is 0 Å². The first-order chi connectivity index (χ1) is 6.79. The lowest BCUT2D eigenvalue weighted by Crippen LogP contribution is -2.16. The molecule has 1 heterocycles. The molecule has 2 rings (SSSR count). The van der Waals surface area contributed by atoms with Crippen molar-refractivity contribution < 1.29 is 0 Å². The average molecular weight is 190 g/mol.